The minimum absolute atomic E-state index is 0.0812. The van der Waals surface area contributed by atoms with Crippen molar-refractivity contribution in [1.82, 2.24) is 0 Å². The van der Waals surface area contributed by atoms with E-state index < -0.39 is 0 Å². The molecule has 0 heterocycles. The summed E-state index contributed by atoms with van der Waals surface area (Å²) in [6.45, 7) is 11.6. The van der Waals surface area contributed by atoms with Gasteiger partial charge in [-0.3, -0.25) is 0 Å². The molecule has 1 atom stereocenters. The molecule has 0 bridgehead atoms. The number of rotatable bonds is 18. The first-order chi connectivity index (χ1) is 12.2. The van der Waals surface area contributed by atoms with Gasteiger partial charge in [-0.2, -0.15) is 0 Å². The lowest BCUT2D eigenvalue weighted by atomic mass is 9.84. The summed E-state index contributed by atoms with van der Waals surface area (Å²) in [4.78, 5) is 0. The van der Waals surface area contributed by atoms with Crippen LogP contribution >= 0.6 is 0 Å². The van der Waals surface area contributed by atoms with Crippen LogP contribution in [0.2, 0.25) is 0 Å². The van der Waals surface area contributed by atoms with E-state index in [1.165, 1.54) is 70.6 Å². The molecule has 0 aliphatic heterocycles. The normalized spacial score (nSPS) is 14.0. The van der Waals surface area contributed by atoms with Crippen LogP contribution in [-0.4, -0.2) is 22.9 Å². The first kappa shape index (κ1) is 25.9. The van der Waals surface area contributed by atoms with Gasteiger partial charge in [0.05, 0.1) is 6.10 Å². The Labute approximate surface area is 165 Å². The topological polar surface area (TPSA) is 40.5 Å². The monoisotopic (exact) mass is 370 g/mol. The lowest BCUT2D eigenvalue weighted by Gasteiger charge is -2.22. The van der Waals surface area contributed by atoms with Crippen LogP contribution in [0.25, 0.3) is 0 Å². The molecule has 0 fully saturated rings. The highest BCUT2D eigenvalue weighted by Crippen LogP contribution is 2.27. The second-order valence-electron chi connectivity index (χ2n) is 10.1. The minimum atomic E-state index is -0.0812. The summed E-state index contributed by atoms with van der Waals surface area (Å²) >= 11 is 0. The van der Waals surface area contributed by atoms with Gasteiger partial charge in [-0.1, -0.05) is 105 Å². The molecule has 2 N–H and O–H groups in total. The van der Waals surface area contributed by atoms with Gasteiger partial charge in [0.1, 0.15) is 0 Å². The second-order valence-corrected chi connectivity index (χ2v) is 10.1. The highest BCUT2D eigenvalue weighted by Gasteiger charge is 2.15. The average Bonchev–Trinajstić information content (AvgIpc) is 2.60. The predicted molar refractivity (Wildman–Crippen MR) is 116 cm³/mol. The summed E-state index contributed by atoms with van der Waals surface area (Å²) < 4.78 is 0. The van der Waals surface area contributed by atoms with Gasteiger partial charge < -0.3 is 10.2 Å². The van der Waals surface area contributed by atoms with Gasteiger partial charge in [0.25, 0.3) is 0 Å². The lowest BCUT2D eigenvalue weighted by Crippen LogP contribution is -2.16. The highest BCUT2D eigenvalue weighted by atomic mass is 16.3. The fourth-order valence-corrected chi connectivity index (χ4v) is 3.43. The molecule has 0 aliphatic rings. The Morgan fingerprint density at radius 1 is 0.615 bits per heavy atom. The maximum atomic E-state index is 10.1. The fourth-order valence-electron chi connectivity index (χ4n) is 3.43. The summed E-state index contributed by atoms with van der Waals surface area (Å²) in [5.41, 5.74) is 0.605. The SMILES string of the molecule is CCC(C)(C)CCCCCCCC(O)CCCCCCCC(C)(C)CO. The maximum absolute atomic E-state index is 10.1. The molecule has 0 saturated carbocycles. The summed E-state index contributed by atoms with van der Waals surface area (Å²) in [6.07, 6.45) is 18.3. The number of hydrogen-bond acceptors (Lipinski definition) is 2. The van der Waals surface area contributed by atoms with E-state index in [0.717, 1.165) is 25.7 Å². The molecule has 0 aliphatic carbocycles. The van der Waals surface area contributed by atoms with Gasteiger partial charge in [-0.25, -0.2) is 0 Å². The molecule has 26 heavy (non-hydrogen) atoms. The van der Waals surface area contributed by atoms with E-state index in [1.807, 2.05) is 0 Å². The molecule has 1 unspecified atom stereocenters. The minimum Gasteiger partial charge on any atom is -0.396 e. The molecule has 0 aromatic heterocycles. The van der Waals surface area contributed by atoms with E-state index in [-0.39, 0.29) is 18.1 Å². The predicted octanol–water partition coefficient (Wildman–Crippen LogP) is 7.26. The first-order valence-corrected chi connectivity index (χ1v) is 11.5. The molecular weight excluding hydrogens is 320 g/mol. The van der Waals surface area contributed by atoms with E-state index in [9.17, 15) is 10.2 Å². The second kappa shape index (κ2) is 14.9. The zero-order valence-corrected chi connectivity index (χ0v) is 18.8. The van der Waals surface area contributed by atoms with Crippen molar-refractivity contribution in [3.63, 3.8) is 0 Å². The molecule has 0 aromatic carbocycles. The van der Waals surface area contributed by atoms with E-state index in [1.54, 1.807) is 0 Å². The van der Waals surface area contributed by atoms with Crippen molar-refractivity contribution in [2.75, 3.05) is 6.61 Å². The van der Waals surface area contributed by atoms with Crippen molar-refractivity contribution < 1.29 is 10.2 Å². The number of hydrogen-bond donors (Lipinski definition) is 2. The Morgan fingerprint density at radius 3 is 1.42 bits per heavy atom. The summed E-state index contributed by atoms with van der Waals surface area (Å²) in [6, 6.07) is 0. The van der Waals surface area contributed by atoms with Gasteiger partial charge in [0.15, 0.2) is 0 Å². The Morgan fingerprint density at radius 2 is 1.00 bits per heavy atom. The van der Waals surface area contributed by atoms with E-state index in [2.05, 4.69) is 34.6 Å². The standard InChI is InChI=1S/C24H50O2/c1-6-23(2,3)19-15-11-7-9-13-17-22(26)18-14-10-8-12-16-20-24(4,5)21-25/h22,25-26H,6-21H2,1-5H3. The van der Waals surface area contributed by atoms with Crippen molar-refractivity contribution in [2.24, 2.45) is 10.8 Å². The third kappa shape index (κ3) is 16.1. The number of aliphatic hydroxyl groups is 2. The van der Waals surface area contributed by atoms with Crippen LogP contribution in [0.1, 0.15) is 131 Å². The summed E-state index contributed by atoms with van der Waals surface area (Å²) in [5.74, 6) is 0. The van der Waals surface area contributed by atoms with E-state index in [0.29, 0.717) is 5.41 Å². The quantitative estimate of drug-likeness (QED) is 0.249. The van der Waals surface area contributed by atoms with Gasteiger partial charge in [-0.15, -0.1) is 0 Å². The van der Waals surface area contributed by atoms with Gasteiger partial charge in [0, 0.05) is 6.61 Å². The fraction of sp³-hybridized carbons (Fsp3) is 1.00. The van der Waals surface area contributed by atoms with Crippen LogP contribution in [0.4, 0.5) is 0 Å². The Kier molecular flexibility index (Phi) is 14.9. The molecule has 158 valence electrons. The first-order valence-electron chi connectivity index (χ1n) is 11.5. The van der Waals surface area contributed by atoms with Gasteiger partial charge in [-0.05, 0) is 36.5 Å². The Bertz CT molecular complexity index is 279. The van der Waals surface area contributed by atoms with Crippen molar-refractivity contribution >= 4 is 0 Å². The van der Waals surface area contributed by atoms with Crippen molar-refractivity contribution in [2.45, 2.75) is 137 Å². The zero-order chi connectivity index (χ0) is 19.9. The molecular formula is C24H50O2. The Hall–Kier alpha value is -0.0800. The molecule has 0 spiro atoms. The number of aliphatic hydroxyl groups excluding tert-OH is 2. The van der Waals surface area contributed by atoms with Crippen molar-refractivity contribution in [3.05, 3.63) is 0 Å². The van der Waals surface area contributed by atoms with Crippen LogP contribution < -0.4 is 0 Å². The molecule has 0 saturated heterocycles. The van der Waals surface area contributed by atoms with E-state index >= 15 is 0 Å². The zero-order valence-electron chi connectivity index (χ0n) is 18.8. The molecule has 2 heteroatoms. The largest absolute Gasteiger partial charge is 0.396 e. The van der Waals surface area contributed by atoms with Gasteiger partial charge >= 0.3 is 0 Å². The maximum Gasteiger partial charge on any atom is 0.0540 e. The van der Waals surface area contributed by atoms with Crippen LogP contribution in [-0.2, 0) is 0 Å². The third-order valence-electron chi connectivity index (χ3n) is 6.17. The van der Waals surface area contributed by atoms with Crippen LogP contribution in [0.5, 0.6) is 0 Å². The van der Waals surface area contributed by atoms with Crippen LogP contribution in [0.15, 0.2) is 0 Å². The number of unbranched alkanes of at least 4 members (excludes halogenated alkanes) is 8. The molecule has 0 amide bonds. The summed E-state index contributed by atoms with van der Waals surface area (Å²) in [7, 11) is 0. The Balaban J connectivity index is 3.36. The van der Waals surface area contributed by atoms with Crippen molar-refractivity contribution in [3.8, 4) is 0 Å². The smallest absolute Gasteiger partial charge is 0.0540 e. The average molecular weight is 371 g/mol. The summed E-state index contributed by atoms with van der Waals surface area (Å²) in [5, 5.41) is 19.3. The van der Waals surface area contributed by atoms with Crippen molar-refractivity contribution in [1.29, 1.82) is 0 Å². The molecule has 2 nitrogen and oxygen atoms in total. The lowest BCUT2D eigenvalue weighted by molar-refractivity contribution is 0.144. The third-order valence-corrected chi connectivity index (χ3v) is 6.17. The molecule has 0 aromatic rings. The van der Waals surface area contributed by atoms with E-state index in [4.69, 9.17) is 0 Å². The highest BCUT2D eigenvalue weighted by molar-refractivity contribution is 4.67. The van der Waals surface area contributed by atoms with Crippen LogP contribution in [0, 0.1) is 10.8 Å². The molecule has 0 rings (SSSR count). The molecule has 0 radical (unpaired) electrons. The van der Waals surface area contributed by atoms with Crippen LogP contribution in [0.3, 0.4) is 0 Å². The van der Waals surface area contributed by atoms with Gasteiger partial charge in [0.2, 0.25) is 0 Å².